The molecule has 3 aromatic carbocycles. The van der Waals surface area contributed by atoms with Crippen LogP contribution in [0, 0.1) is 11.6 Å². The number of rotatable bonds is 6. The van der Waals surface area contributed by atoms with Crippen LogP contribution in [0.1, 0.15) is 15.9 Å². The van der Waals surface area contributed by atoms with Gasteiger partial charge in [-0.15, -0.1) is 0 Å². The average molecular weight is 490 g/mol. The van der Waals surface area contributed by atoms with Gasteiger partial charge in [0.25, 0.3) is 10.0 Å². The highest BCUT2D eigenvalue weighted by atomic mass is 35.5. The van der Waals surface area contributed by atoms with E-state index in [-0.39, 0.29) is 22.0 Å². The van der Waals surface area contributed by atoms with Gasteiger partial charge in [-0.05, 0) is 48.5 Å². The van der Waals surface area contributed by atoms with Crippen LogP contribution in [0.4, 0.5) is 14.5 Å². The van der Waals surface area contributed by atoms with E-state index in [1.165, 1.54) is 43.6 Å². The van der Waals surface area contributed by atoms with Gasteiger partial charge in [0.05, 0.1) is 45.5 Å². The summed E-state index contributed by atoms with van der Waals surface area (Å²) in [6, 6.07) is 10.6. The molecule has 0 aliphatic heterocycles. The molecule has 0 atom stereocenters. The molecule has 0 amide bonds. The first kappa shape index (κ1) is 22.6. The number of halogens is 3. The van der Waals surface area contributed by atoms with E-state index in [1.54, 1.807) is 0 Å². The number of carbonyl (C=O) groups is 1. The van der Waals surface area contributed by atoms with Crippen LogP contribution in [-0.4, -0.2) is 31.3 Å². The minimum absolute atomic E-state index is 0.0518. The van der Waals surface area contributed by atoms with Gasteiger partial charge in [-0.3, -0.25) is 9.52 Å². The summed E-state index contributed by atoms with van der Waals surface area (Å²) in [4.78, 5) is 21.1. The zero-order valence-electron chi connectivity index (χ0n) is 16.8. The number of nitrogens with zero attached hydrogens (tertiary/aromatic N) is 2. The number of methoxy groups -OCH3 is 1. The highest BCUT2D eigenvalue weighted by Crippen LogP contribution is 2.32. The molecule has 0 aliphatic carbocycles. The highest BCUT2D eigenvalue weighted by Gasteiger charge is 2.24. The molecule has 0 bridgehead atoms. The SMILES string of the molecule is COc1cnc2ccc(C(=O)c3c(F)ccc(NS(=O)(=O)c4cccc(F)c4)c3Cl)cc2n1. The van der Waals surface area contributed by atoms with Crippen molar-refractivity contribution in [3.8, 4) is 5.88 Å². The van der Waals surface area contributed by atoms with Crippen LogP contribution < -0.4 is 9.46 Å². The molecule has 1 N–H and O–H groups in total. The quantitative estimate of drug-likeness (QED) is 0.397. The van der Waals surface area contributed by atoms with Gasteiger partial charge in [0, 0.05) is 5.56 Å². The fourth-order valence-corrected chi connectivity index (χ4v) is 4.50. The molecule has 0 unspecified atom stereocenters. The molecule has 0 spiro atoms. The number of fused-ring (bicyclic) bond motifs is 1. The minimum atomic E-state index is -4.26. The summed E-state index contributed by atoms with van der Waals surface area (Å²) in [6.45, 7) is 0. The van der Waals surface area contributed by atoms with Crippen molar-refractivity contribution in [1.82, 2.24) is 9.97 Å². The predicted molar refractivity (Wildman–Crippen MR) is 118 cm³/mol. The Balaban J connectivity index is 1.74. The molecule has 1 aromatic heterocycles. The van der Waals surface area contributed by atoms with Crippen molar-refractivity contribution in [1.29, 1.82) is 0 Å². The monoisotopic (exact) mass is 489 g/mol. The lowest BCUT2D eigenvalue weighted by atomic mass is 10.0. The first-order valence-electron chi connectivity index (χ1n) is 9.31. The number of nitrogens with one attached hydrogen (secondary N) is 1. The predicted octanol–water partition coefficient (Wildman–Crippen LogP) is 4.60. The minimum Gasteiger partial charge on any atom is -0.480 e. The van der Waals surface area contributed by atoms with Gasteiger partial charge in [-0.1, -0.05) is 17.7 Å². The average Bonchev–Trinajstić information content (AvgIpc) is 2.80. The normalized spacial score (nSPS) is 11.4. The lowest BCUT2D eigenvalue weighted by Gasteiger charge is -2.13. The summed E-state index contributed by atoms with van der Waals surface area (Å²) in [5, 5.41) is -0.447. The van der Waals surface area contributed by atoms with E-state index in [0.717, 1.165) is 24.3 Å². The number of hydrogen-bond donors (Lipinski definition) is 1. The van der Waals surface area contributed by atoms with Gasteiger partial charge in [0.1, 0.15) is 11.6 Å². The Labute approximate surface area is 192 Å². The van der Waals surface area contributed by atoms with E-state index in [0.29, 0.717) is 11.0 Å². The van der Waals surface area contributed by atoms with Crippen LogP contribution in [0.15, 0.2) is 65.7 Å². The lowest BCUT2D eigenvalue weighted by molar-refractivity contribution is 0.103. The van der Waals surface area contributed by atoms with Crippen LogP contribution in [0.2, 0.25) is 5.02 Å². The van der Waals surface area contributed by atoms with Crippen molar-refractivity contribution in [2.24, 2.45) is 0 Å². The molecule has 0 radical (unpaired) electrons. The highest BCUT2D eigenvalue weighted by molar-refractivity contribution is 7.92. The van der Waals surface area contributed by atoms with E-state index in [4.69, 9.17) is 16.3 Å². The summed E-state index contributed by atoms with van der Waals surface area (Å²) < 4.78 is 60.5. The summed E-state index contributed by atoms with van der Waals surface area (Å²) in [7, 11) is -2.84. The topological polar surface area (TPSA) is 98.2 Å². The van der Waals surface area contributed by atoms with Crippen molar-refractivity contribution >= 4 is 44.1 Å². The molecule has 4 rings (SSSR count). The van der Waals surface area contributed by atoms with Crippen molar-refractivity contribution < 1.29 is 26.7 Å². The van der Waals surface area contributed by atoms with Gasteiger partial charge < -0.3 is 4.74 Å². The Morgan fingerprint density at radius 1 is 1.06 bits per heavy atom. The second kappa shape index (κ2) is 8.72. The number of ketones is 1. The van der Waals surface area contributed by atoms with Crippen molar-refractivity contribution in [3.05, 3.63) is 88.6 Å². The van der Waals surface area contributed by atoms with Gasteiger partial charge in [0.15, 0.2) is 5.78 Å². The Morgan fingerprint density at radius 2 is 1.85 bits per heavy atom. The third kappa shape index (κ3) is 4.48. The maximum absolute atomic E-state index is 14.6. The van der Waals surface area contributed by atoms with Crippen LogP contribution in [0.3, 0.4) is 0 Å². The molecule has 11 heteroatoms. The molecule has 0 fully saturated rings. The Bertz CT molecular complexity index is 1510. The largest absolute Gasteiger partial charge is 0.480 e. The molecule has 0 saturated carbocycles. The molecule has 4 aromatic rings. The molecule has 0 aliphatic rings. The molecular formula is C22H14ClF2N3O4S. The zero-order valence-corrected chi connectivity index (χ0v) is 18.4. The molecule has 7 nitrogen and oxygen atoms in total. The fraction of sp³-hybridized carbons (Fsp3) is 0.0455. The summed E-state index contributed by atoms with van der Waals surface area (Å²) in [5.41, 5.74) is 0.0884. The second-order valence-corrected chi connectivity index (χ2v) is 8.85. The standard InChI is InChI=1S/C22H14ClF2N3O4S/c1-32-19-11-26-16-7-5-12(9-18(16)27-19)22(29)20-15(25)6-8-17(21(20)23)28-33(30,31)14-4-2-3-13(24)10-14/h2-11,28H,1H3. The van der Waals surface area contributed by atoms with Gasteiger partial charge in [-0.2, -0.15) is 0 Å². The number of hydrogen-bond acceptors (Lipinski definition) is 6. The molecule has 1 heterocycles. The number of sulfonamides is 1. The van der Waals surface area contributed by atoms with Crippen LogP contribution in [0.25, 0.3) is 11.0 Å². The summed E-state index contributed by atoms with van der Waals surface area (Å²) in [5.74, 6) is -2.27. The lowest BCUT2D eigenvalue weighted by Crippen LogP contribution is -2.15. The van der Waals surface area contributed by atoms with Gasteiger partial charge >= 0.3 is 0 Å². The van der Waals surface area contributed by atoms with E-state index in [1.807, 2.05) is 0 Å². The van der Waals surface area contributed by atoms with E-state index in [2.05, 4.69) is 14.7 Å². The van der Waals surface area contributed by atoms with E-state index < -0.39 is 38.0 Å². The zero-order chi connectivity index (χ0) is 23.8. The maximum Gasteiger partial charge on any atom is 0.262 e. The van der Waals surface area contributed by atoms with Gasteiger partial charge in [-0.25, -0.2) is 27.2 Å². The summed E-state index contributed by atoms with van der Waals surface area (Å²) in [6.07, 6.45) is 1.41. The van der Waals surface area contributed by atoms with Crippen molar-refractivity contribution in [3.63, 3.8) is 0 Å². The number of benzene rings is 3. The maximum atomic E-state index is 14.6. The molecule has 0 saturated heterocycles. The van der Waals surface area contributed by atoms with E-state index in [9.17, 15) is 22.0 Å². The number of anilines is 1. The van der Waals surface area contributed by atoms with Crippen molar-refractivity contribution in [2.75, 3.05) is 11.8 Å². The summed E-state index contributed by atoms with van der Waals surface area (Å²) >= 11 is 6.24. The smallest absolute Gasteiger partial charge is 0.262 e. The third-order valence-electron chi connectivity index (χ3n) is 4.66. The van der Waals surface area contributed by atoms with Gasteiger partial charge in [0.2, 0.25) is 5.88 Å². The first-order chi connectivity index (χ1) is 15.7. The fourth-order valence-electron chi connectivity index (χ4n) is 3.06. The van der Waals surface area contributed by atoms with Crippen LogP contribution in [-0.2, 0) is 10.0 Å². The van der Waals surface area contributed by atoms with E-state index >= 15 is 0 Å². The van der Waals surface area contributed by atoms with Crippen molar-refractivity contribution in [2.45, 2.75) is 4.90 Å². The first-order valence-corrected chi connectivity index (χ1v) is 11.2. The number of ether oxygens (including phenoxy) is 1. The Hall–Kier alpha value is -3.63. The second-order valence-electron chi connectivity index (χ2n) is 6.79. The van der Waals surface area contributed by atoms with Crippen LogP contribution >= 0.6 is 11.6 Å². The Kier molecular flexibility index (Phi) is 5.96. The number of carbonyl (C=O) groups excluding carboxylic acids is 1. The molecule has 33 heavy (non-hydrogen) atoms. The third-order valence-corrected chi connectivity index (χ3v) is 6.42. The molecular weight excluding hydrogens is 476 g/mol. The molecule has 168 valence electrons. The Morgan fingerprint density at radius 3 is 2.58 bits per heavy atom. The van der Waals surface area contributed by atoms with Crippen LogP contribution in [0.5, 0.6) is 5.88 Å². The number of aromatic nitrogens is 2.